The summed E-state index contributed by atoms with van der Waals surface area (Å²) in [5, 5.41) is 3.16. The molecule has 0 amide bonds. The first kappa shape index (κ1) is 12.8. The summed E-state index contributed by atoms with van der Waals surface area (Å²) >= 11 is 10.5. The zero-order chi connectivity index (χ0) is 13.1. The van der Waals surface area contributed by atoms with E-state index in [0.717, 1.165) is 11.3 Å². The van der Waals surface area contributed by atoms with E-state index in [2.05, 4.69) is 5.32 Å². The lowest BCUT2D eigenvalue weighted by molar-refractivity contribution is 0.629. The molecular weight excluding hydrogens is 271 g/mol. The number of nitrogens with one attached hydrogen (secondary N) is 1. The smallest absolute Gasteiger partial charge is 0.143 e. The molecule has 0 unspecified atom stereocenters. The molecule has 0 aliphatic rings. The lowest BCUT2D eigenvalue weighted by Crippen LogP contribution is -2.08. The number of anilines is 2. The Kier molecular flexibility index (Phi) is 3.79. The molecule has 0 spiro atoms. The van der Waals surface area contributed by atoms with E-state index >= 15 is 0 Å². The monoisotopic (exact) mass is 280 g/mol. The predicted molar refractivity (Wildman–Crippen MR) is 77.0 cm³/mol. The first-order chi connectivity index (χ1) is 8.56. The fraction of sp³-hybridized carbons (Fsp3) is 0. The second kappa shape index (κ2) is 5.33. The van der Waals surface area contributed by atoms with Gasteiger partial charge in [0.15, 0.2) is 0 Å². The van der Waals surface area contributed by atoms with Gasteiger partial charge in [0, 0.05) is 16.9 Å². The topological polar surface area (TPSA) is 38.0 Å². The zero-order valence-electron chi connectivity index (χ0n) is 9.28. The van der Waals surface area contributed by atoms with Crippen LogP contribution in [-0.4, -0.2) is 4.99 Å². The average Bonchev–Trinajstić information content (AvgIpc) is 2.34. The van der Waals surface area contributed by atoms with Gasteiger partial charge in [-0.05, 0) is 42.5 Å². The third kappa shape index (κ3) is 2.97. The fourth-order valence-electron chi connectivity index (χ4n) is 1.46. The molecule has 5 heteroatoms. The van der Waals surface area contributed by atoms with Gasteiger partial charge in [-0.2, -0.15) is 0 Å². The summed E-state index contributed by atoms with van der Waals surface area (Å²) in [7, 11) is 0. The number of benzene rings is 2. The minimum Gasteiger partial charge on any atom is -0.389 e. The summed E-state index contributed by atoms with van der Waals surface area (Å²) in [6.07, 6.45) is 0. The van der Waals surface area contributed by atoms with Crippen LogP contribution in [-0.2, 0) is 0 Å². The van der Waals surface area contributed by atoms with Crippen LogP contribution in [0.2, 0.25) is 5.02 Å². The van der Waals surface area contributed by atoms with Crippen LogP contribution < -0.4 is 11.1 Å². The van der Waals surface area contributed by atoms with Gasteiger partial charge >= 0.3 is 0 Å². The Morgan fingerprint density at radius 2 is 1.72 bits per heavy atom. The van der Waals surface area contributed by atoms with Crippen molar-refractivity contribution >= 4 is 40.2 Å². The first-order valence-corrected chi connectivity index (χ1v) is 5.97. The third-order valence-corrected chi connectivity index (χ3v) is 2.92. The van der Waals surface area contributed by atoms with Crippen molar-refractivity contribution in [3.63, 3.8) is 0 Å². The molecule has 0 radical (unpaired) electrons. The van der Waals surface area contributed by atoms with Gasteiger partial charge in [-0.1, -0.05) is 23.8 Å². The van der Waals surface area contributed by atoms with E-state index in [1.54, 1.807) is 18.2 Å². The molecule has 0 heterocycles. The molecule has 2 aromatic carbocycles. The van der Waals surface area contributed by atoms with Gasteiger partial charge in [0.1, 0.15) is 10.8 Å². The zero-order valence-corrected chi connectivity index (χ0v) is 10.9. The minimum atomic E-state index is -0.457. The Morgan fingerprint density at radius 3 is 2.28 bits per heavy atom. The maximum Gasteiger partial charge on any atom is 0.143 e. The van der Waals surface area contributed by atoms with Crippen LogP contribution in [0.4, 0.5) is 15.8 Å². The highest BCUT2D eigenvalue weighted by molar-refractivity contribution is 7.80. The van der Waals surface area contributed by atoms with Crippen molar-refractivity contribution in [1.29, 1.82) is 0 Å². The average molecular weight is 281 g/mol. The molecule has 0 bridgehead atoms. The number of nitrogens with two attached hydrogens (primary N) is 1. The molecule has 0 atom stereocenters. The summed E-state index contributed by atoms with van der Waals surface area (Å²) in [4.78, 5) is 0.346. The van der Waals surface area contributed by atoms with Crippen molar-refractivity contribution in [2.75, 3.05) is 5.32 Å². The van der Waals surface area contributed by atoms with Crippen LogP contribution in [0.25, 0.3) is 0 Å². The fourth-order valence-corrected chi connectivity index (χ4v) is 1.71. The third-order valence-electron chi connectivity index (χ3n) is 2.38. The Labute approximate surface area is 115 Å². The maximum absolute atomic E-state index is 13.2. The van der Waals surface area contributed by atoms with Crippen molar-refractivity contribution in [2.24, 2.45) is 5.73 Å². The quantitative estimate of drug-likeness (QED) is 0.839. The summed E-state index contributed by atoms with van der Waals surface area (Å²) in [5.41, 5.74) is 7.73. The van der Waals surface area contributed by atoms with E-state index in [9.17, 15) is 4.39 Å². The van der Waals surface area contributed by atoms with E-state index < -0.39 is 5.82 Å². The molecule has 0 aliphatic carbocycles. The van der Waals surface area contributed by atoms with E-state index in [-0.39, 0.29) is 5.02 Å². The van der Waals surface area contributed by atoms with Gasteiger partial charge in [-0.3, -0.25) is 0 Å². The summed E-state index contributed by atoms with van der Waals surface area (Å²) in [6, 6.07) is 11.8. The highest BCUT2D eigenvalue weighted by atomic mass is 35.5. The maximum atomic E-state index is 13.2. The second-order valence-corrected chi connectivity index (χ2v) is 4.54. The van der Waals surface area contributed by atoms with Gasteiger partial charge in [0.25, 0.3) is 0 Å². The van der Waals surface area contributed by atoms with Crippen molar-refractivity contribution in [1.82, 2.24) is 0 Å². The second-order valence-electron chi connectivity index (χ2n) is 3.70. The van der Waals surface area contributed by atoms with E-state index in [1.807, 2.05) is 12.1 Å². The van der Waals surface area contributed by atoms with Crippen LogP contribution in [0.3, 0.4) is 0 Å². The Hall–Kier alpha value is -1.65. The van der Waals surface area contributed by atoms with Crippen molar-refractivity contribution in [3.8, 4) is 0 Å². The number of halogens is 2. The van der Waals surface area contributed by atoms with Gasteiger partial charge in [-0.25, -0.2) is 4.39 Å². The molecule has 18 heavy (non-hydrogen) atoms. The lowest BCUT2D eigenvalue weighted by atomic mass is 10.2. The molecular formula is C13H10ClFN2S. The number of rotatable bonds is 3. The van der Waals surface area contributed by atoms with Gasteiger partial charge in [0.2, 0.25) is 0 Å². The molecule has 0 fully saturated rings. The molecule has 2 rings (SSSR count). The molecule has 92 valence electrons. The number of hydrogen-bond acceptors (Lipinski definition) is 2. The van der Waals surface area contributed by atoms with Crippen LogP contribution in [0.15, 0.2) is 42.5 Å². The Balaban J connectivity index is 2.18. The van der Waals surface area contributed by atoms with Gasteiger partial charge in [-0.15, -0.1) is 0 Å². The van der Waals surface area contributed by atoms with Gasteiger partial charge in [0.05, 0.1) is 5.02 Å². The van der Waals surface area contributed by atoms with Crippen LogP contribution in [0, 0.1) is 5.82 Å². The molecule has 0 saturated heterocycles. The summed E-state index contributed by atoms with van der Waals surface area (Å²) in [6.45, 7) is 0. The summed E-state index contributed by atoms with van der Waals surface area (Å²) < 4.78 is 13.2. The Bertz CT molecular complexity index is 584. The van der Waals surface area contributed by atoms with Crippen LogP contribution in [0.1, 0.15) is 5.56 Å². The van der Waals surface area contributed by atoms with E-state index in [0.29, 0.717) is 10.7 Å². The minimum absolute atomic E-state index is 0.101. The Morgan fingerprint density at radius 1 is 1.11 bits per heavy atom. The number of thiocarbonyl (C=S) groups is 1. The largest absolute Gasteiger partial charge is 0.389 e. The molecule has 0 aliphatic heterocycles. The predicted octanol–water partition coefficient (Wildman–Crippen LogP) is 3.86. The molecule has 0 saturated carbocycles. The van der Waals surface area contributed by atoms with E-state index in [4.69, 9.17) is 29.6 Å². The number of hydrogen-bond donors (Lipinski definition) is 2. The van der Waals surface area contributed by atoms with Crippen LogP contribution >= 0.6 is 23.8 Å². The highest BCUT2D eigenvalue weighted by Crippen LogP contribution is 2.22. The summed E-state index contributed by atoms with van der Waals surface area (Å²) in [5.74, 6) is -0.457. The van der Waals surface area contributed by atoms with Gasteiger partial charge < -0.3 is 11.1 Å². The normalized spacial score (nSPS) is 10.1. The molecule has 3 N–H and O–H groups in total. The van der Waals surface area contributed by atoms with Crippen molar-refractivity contribution < 1.29 is 4.39 Å². The lowest BCUT2D eigenvalue weighted by Gasteiger charge is -2.07. The highest BCUT2D eigenvalue weighted by Gasteiger charge is 2.02. The molecule has 2 nitrogen and oxygen atoms in total. The van der Waals surface area contributed by atoms with Crippen LogP contribution in [0.5, 0.6) is 0 Å². The van der Waals surface area contributed by atoms with Crippen molar-refractivity contribution in [3.05, 3.63) is 58.9 Å². The van der Waals surface area contributed by atoms with E-state index in [1.165, 1.54) is 12.1 Å². The molecule has 2 aromatic rings. The van der Waals surface area contributed by atoms with Crippen molar-refractivity contribution in [2.45, 2.75) is 0 Å². The SMILES string of the molecule is NC(=S)c1ccc(Nc2ccc(Cl)c(F)c2)cc1. The standard InChI is InChI=1S/C13H10ClFN2S/c14-11-6-5-10(7-12(11)15)17-9-3-1-8(2-4-9)13(16)18/h1-7,17H,(H2,16,18). The molecule has 0 aromatic heterocycles. The first-order valence-electron chi connectivity index (χ1n) is 5.18.